The van der Waals surface area contributed by atoms with Gasteiger partial charge in [0.1, 0.15) is 23.4 Å². The van der Waals surface area contributed by atoms with E-state index < -0.39 is 23.7 Å². The zero-order valence-electron chi connectivity index (χ0n) is 19.1. The number of anilines is 1. The van der Waals surface area contributed by atoms with Crippen LogP contribution < -0.4 is 19.7 Å². The summed E-state index contributed by atoms with van der Waals surface area (Å²) in [6.45, 7) is 0. The first-order chi connectivity index (χ1) is 16.5. The van der Waals surface area contributed by atoms with Crippen LogP contribution in [0.1, 0.15) is 47.8 Å². The van der Waals surface area contributed by atoms with Crippen LogP contribution in [0.25, 0.3) is 0 Å². The Labute approximate surface area is 197 Å². The molecule has 0 saturated heterocycles. The molecule has 0 aliphatic heterocycles. The second kappa shape index (κ2) is 10.4. The lowest BCUT2D eigenvalue weighted by Crippen LogP contribution is -2.46. The van der Waals surface area contributed by atoms with Gasteiger partial charge in [0.2, 0.25) is 5.91 Å². The molecule has 2 amide bonds. The Hall–Kier alpha value is -3.81. The number of hydrogen-bond acceptors (Lipinski definition) is 5. The lowest BCUT2D eigenvalue weighted by Gasteiger charge is -2.32. The monoisotopic (exact) mass is 466 g/mol. The lowest BCUT2D eigenvalue weighted by atomic mass is 10.0. The fourth-order valence-corrected chi connectivity index (χ4v) is 4.31. The summed E-state index contributed by atoms with van der Waals surface area (Å²) in [7, 11) is 2.95. The molecule has 8 heteroatoms. The Bertz CT molecular complexity index is 1140. The van der Waals surface area contributed by atoms with Crippen LogP contribution in [0.2, 0.25) is 0 Å². The molecule has 1 aliphatic rings. The van der Waals surface area contributed by atoms with Crippen molar-refractivity contribution in [1.82, 2.24) is 5.32 Å². The van der Waals surface area contributed by atoms with Crippen molar-refractivity contribution in [3.63, 3.8) is 0 Å². The minimum Gasteiger partial charge on any atom is -0.497 e. The highest BCUT2D eigenvalue weighted by atomic mass is 19.1. The van der Waals surface area contributed by atoms with Gasteiger partial charge in [-0.05, 0) is 43.2 Å². The van der Waals surface area contributed by atoms with Gasteiger partial charge in [-0.3, -0.25) is 14.5 Å². The highest BCUT2D eigenvalue weighted by Crippen LogP contribution is 2.39. The average Bonchev–Trinajstić information content (AvgIpc) is 3.57. The maximum Gasteiger partial charge on any atom is 0.295 e. The summed E-state index contributed by atoms with van der Waals surface area (Å²) in [5, 5.41) is 3.02. The summed E-state index contributed by atoms with van der Waals surface area (Å²) in [5.41, 5.74) is 0.306. The van der Waals surface area contributed by atoms with Crippen molar-refractivity contribution < 1.29 is 27.9 Å². The smallest absolute Gasteiger partial charge is 0.295 e. The van der Waals surface area contributed by atoms with Gasteiger partial charge in [-0.2, -0.15) is 0 Å². The molecule has 1 saturated carbocycles. The van der Waals surface area contributed by atoms with Crippen LogP contribution >= 0.6 is 0 Å². The van der Waals surface area contributed by atoms with Crippen molar-refractivity contribution in [1.29, 1.82) is 0 Å². The Morgan fingerprint density at radius 2 is 1.82 bits per heavy atom. The van der Waals surface area contributed by atoms with Gasteiger partial charge in [0.05, 0.1) is 26.2 Å². The van der Waals surface area contributed by atoms with Crippen molar-refractivity contribution >= 4 is 17.5 Å². The summed E-state index contributed by atoms with van der Waals surface area (Å²) in [5.74, 6) is -0.951. The van der Waals surface area contributed by atoms with Gasteiger partial charge < -0.3 is 19.2 Å². The van der Waals surface area contributed by atoms with Gasteiger partial charge >= 0.3 is 0 Å². The topological polar surface area (TPSA) is 81.0 Å². The quantitative estimate of drug-likeness (QED) is 0.512. The Morgan fingerprint density at radius 3 is 2.47 bits per heavy atom. The number of nitrogens with one attached hydrogen (secondary N) is 1. The van der Waals surface area contributed by atoms with Gasteiger partial charge in [0.15, 0.2) is 5.76 Å². The zero-order valence-corrected chi connectivity index (χ0v) is 19.1. The molecular weight excluding hydrogens is 439 g/mol. The van der Waals surface area contributed by atoms with Crippen LogP contribution in [0, 0.1) is 5.82 Å². The molecule has 1 aliphatic carbocycles. The molecule has 34 heavy (non-hydrogen) atoms. The normalized spacial score (nSPS) is 14.4. The van der Waals surface area contributed by atoms with E-state index in [2.05, 4.69) is 5.32 Å². The molecular formula is C26H27FN2O5. The fraction of sp³-hybridized carbons (Fsp3) is 0.308. The van der Waals surface area contributed by atoms with E-state index in [0.29, 0.717) is 11.5 Å². The van der Waals surface area contributed by atoms with Crippen LogP contribution in [-0.4, -0.2) is 32.1 Å². The third-order valence-electron chi connectivity index (χ3n) is 6.00. The Balaban J connectivity index is 1.90. The van der Waals surface area contributed by atoms with E-state index >= 15 is 4.39 Å². The van der Waals surface area contributed by atoms with E-state index in [0.717, 1.165) is 25.7 Å². The molecule has 4 rings (SSSR count). The third kappa shape index (κ3) is 4.76. The number of nitrogens with zero attached hydrogens (tertiary/aromatic N) is 1. The molecule has 0 bridgehead atoms. The van der Waals surface area contributed by atoms with E-state index in [4.69, 9.17) is 13.9 Å². The molecule has 7 nitrogen and oxygen atoms in total. The van der Waals surface area contributed by atoms with Crippen molar-refractivity contribution in [2.45, 2.75) is 37.8 Å². The van der Waals surface area contributed by atoms with Crippen molar-refractivity contribution in [3.05, 3.63) is 78.0 Å². The van der Waals surface area contributed by atoms with Crippen LogP contribution in [0.5, 0.6) is 11.5 Å². The van der Waals surface area contributed by atoms with E-state index in [1.165, 1.54) is 49.6 Å². The number of hydrogen-bond donors (Lipinski definition) is 1. The molecule has 1 fully saturated rings. The lowest BCUT2D eigenvalue weighted by molar-refractivity contribution is -0.123. The van der Waals surface area contributed by atoms with Crippen molar-refractivity contribution in [2.75, 3.05) is 19.1 Å². The second-order valence-corrected chi connectivity index (χ2v) is 8.10. The van der Waals surface area contributed by atoms with Crippen molar-refractivity contribution in [3.8, 4) is 11.5 Å². The molecule has 3 aromatic rings. The molecule has 2 aromatic carbocycles. The highest BCUT2D eigenvalue weighted by molar-refractivity contribution is 6.09. The first-order valence-corrected chi connectivity index (χ1v) is 11.2. The van der Waals surface area contributed by atoms with Gasteiger partial charge in [-0.25, -0.2) is 4.39 Å². The molecule has 0 spiro atoms. The number of methoxy groups -OCH3 is 2. The van der Waals surface area contributed by atoms with Gasteiger partial charge in [0, 0.05) is 17.7 Å². The maximum absolute atomic E-state index is 15.1. The van der Waals surface area contributed by atoms with Gasteiger partial charge in [-0.1, -0.05) is 31.0 Å². The molecule has 1 heterocycles. The largest absolute Gasteiger partial charge is 0.497 e. The number of carbonyl (C=O) groups excluding carboxylic acids is 2. The number of amides is 2. The minimum atomic E-state index is -1.32. The first-order valence-electron chi connectivity index (χ1n) is 11.2. The van der Waals surface area contributed by atoms with Gasteiger partial charge in [0.25, 0.3) is 5.91 Å². The van der Waals surface area contributed by atoms with E-state index in [1.54, 1.807) is 30.3 Å². The minimum absolute atomic E-state index is 0.000112. The molecule has 1 aromatic heterocycles. The van der Waals surface area contributed by atoms with Crippen LogP contribution in [0.3, 0.4) is 0 Å². The van der Waals surface area contributed by atoms with Crippen LogP contribution in [-0.2, 0) is 4.79 Å². The Morgan fingerprint density at radius 1 is 1.06 bits per heavy atom. The molecule has 0 unspecified atom stereocenters. The summed E-state index contributed by atoms with van der Waals surface area (Å²) in [4.78, 5) is 28.7. The van der Waals surface area contributed by atoms with Crippen molar-refractivity contribution in [2.24, 2.45) is 0 Å². The van der Waals surface area contributed by atoms with Crippen LogP contribution in [0.4, 0.5) is 10.1 Å². The van der Waals surface area contributed by atoms with Gasteiger partial charge in [-0.15, -0.1) is 0 Å². The second-order valence-electron chi connectivity index (χ2n) is 8.10. The number of carbonyl (C=O) groups is 2. The zero-order chi connectivity index (χ0) is 24.1. The van der Waals surface area contributed by atoms with E-state index in [1.807, 2.05) is 0 Å². The predicted molar refractivity (Wildman–Crippen MR) is 125 cm³/mol. The summed E-state index contributed by atoms with van der Waals surface area (Å²) >= 11 is 0. The standard InChI is InChI=1S/C26H27FN2O5/c1-32-18-13-14-22(33-2)21(16-18)29(26(31)23-12-7-15-34-23)24(19-10-5-6-11-20(19)27)25(30)28-17-8-3-4-9-17/h5-7,10-17,24H,3-4,8-9H2,1-2H3,(H,28,30)/t24-/m0/s1. The van der Waals surface area contributed by atoms with E-state index in [9.17, 15) is 9.59 Å². The number of furan rings is 1. The number of benzene rings is 2. The van der Waals surface area contributed by atoms with Crippen LogP contribution in [0.15, 0.2) is 65.3 Å². The average molecular weight is 467 g/mol. The highest BCUT2D eigenvalue weighted by Gasteiger charge is 2.38. The summed E-state index contributed by atoms with van der Waals surface area (Å²) < 4.78 is 31.4. The third-order valence-corrected chi connectivity index (χ3v) is 6.00. The number of ether oxygens (including phenoxy) is 2. The predicted octanol–water partition coefficient (Wildman–Crippen LogP) is 4.88. The fourth-order valence-electron chi connectivity index (χ4n) is 4.31. The molecule has 1 atom stereocenters. The molecule has 1 N–H and O–H groups in total. The molecule has 0 radical (unpaired) electrons. The maximum atomic E-state index is 15.1. The number of rotatable bonds is 8. The Kier molecular flexibility index (Phi) is 7.15. The molecule has 178 valence electrons. The first kappa shape index (κ1) is 23.4. The summed E-state index contributed by atoms with van der Waals surface area (Å²) in [6, 6.07) is 12.5. The van der Waals surface area contributed by atoms with E-state index in [-0.39, 0.29) is 23.1 Å². The SMILES string of the molecule is COc1ccc(OC)c(N(C(=O)c2ccco2)[C@H](C(=O)NC2CCCC2)c2ccccc2F)c1. The number of halogens is 1. The summed E-state index contributed by atoms with van der Waals surface area (Å²) in [6.07, 6.45) is 5.06.